The highest BCUT2D eigenvalue weighted by Crippen LogP contribution is 2.50. The van der Waals surface area contributed by atoms with Gasteiger partial charge in [0, 0.05) is 37.1 Å². The van der Waals surface area contributed by atoms with Gasteiger partial charge in [0.2, 0.25) is 0 Å². The topological polar surface area (TPSA) is 84.6 Å². The van der Waals surface area contributed by atoms with Gasteiger partial charge < -0.3 is 20.3 Å². The monoisotopic (exact) mass is 409 g/mol. The molecule has 2 fully saturated rings. The molecular weight excluding hydrogens is 378 g/mol. The molecule has 2 heterocycles. The van der Waals surface area contributed by atoms with Crippen LogP contribution in [0.3, 0.4) is 0 Å². The van der Waals surface area contributed by atoms with Gasteiger partial charge in [0.15, 0.2) is 11.6 Å². The molecule has 1 aromatic carbocycles. The highest BCUT2D eigenvalue weighted by Gasteiger charge is 2.52. The van der Waals surface area contributed by atoms with Gasteiger partial charge in [-0.25, -0.2) is 9.97 Å². The minimum Gasteiger partial charge on any atom is -0.451 e. The maximum Gasteiger partial charge on any atom is 0.257 e. The van der Waals surface area contributed by atoms with Crippen LogP contribution in [-0.4, -0.2) is 52.5 Å². The van der Waals surface area contributed by atoms with E-state index in [1.54, 1.807) is 12.5 Å². The van der Waals surface area contributed by atoms with E-state index in [-0.39, 0.29) is 11.9 Å². The van der Waals surface area contributed by atoms with Crippen LogP contribution in [0.15, 0.2) is 30.7 Å². The van der Waals surface area contributed by atoms with Crippen molar-refractivity contribution in [3.8, 4) is 11.5 Å². The first kappa shape index (κ1) is 20.6. The maximum atomic E-state index is 13.2. The van der Waals surface area contributed by atoms with Crippen LogP contribution < -0.4 is 15.4 Å². The van der Waals surface area contributed by atoms with E-state index in [1.807, 2.05) is 50.8 Å². The van der Waals surface area contributed by atoms with Gasteiger partial charge in [-0.05, 0) is 52.7 Å². The maximum absolute atomic E-state index is 13.2. The Morgan fingerprint density at radius 1 is 1.33 bits per heavy atom. The van der Waals surface area contributed by atoms with Crippen LogP contribution in [0.4, 0.5) is 5.82 Å². The van der Waals surface area contributed by atoms with Crippen molar-refractivity contribution in [1.29, 1.82) is 0 Å². The Hall–Kier alpha value is -2.67. The number of rotatable bonds is 6. The van der Waals surface area contributed by atoms with Crippen molar-refractivity contribution in [2.75, 3.05) is 24.5 Å². The van der Waals surface area contributed by atoms with Crippen molar-refractivity contribution in [2.24, 2.45) is 11.1 Å². The van der Waals surface area contributed by atoms with E-state index in [1.165, 1.54) is 0 Å². The van der Waals surface area contributed by atoms with E-state index in [4.69, 9.17) is 10.5 Å². The molecule has 2 aromatic rings. The van der Waals surface area contributed by atoms with Crippen molar-refractivity contribution < 1.29 is 9.53 Å². The van der Waals surface area contributed by atoms with Crippen LogP contribution in [0, 0.1) is 12.3 Å². The van der Waals surface area contributed by atoms with E-state index < -0.39 is 0 Å². The molecule has 4 rings (SSSR count). The van der Waals surface area contributed by atoms with E-state index in [2.05, 4.69) is 14.9 Å². The van der Waals surface area contributed by atoms with Gasteiger partial charge in [0.05, 0.1) is 11.8 Å². The molecule has 1 saturated heterocycles. The Morgan fingerprint density at radius 3 is 2.70 bits per heavy atom. The van der Waals surface area contributed by atoms with Gasteiger partial charge >= 0.3 is 0 Å². The lowest BCUT2D eigenvalue weighted by Gasteiger charge is -2.58. The number of benzene rings is 1. The van der Waals surface area contributed by atoms with Crippen LogP contribution in [0.1, 0.15) is 49.5 Å². The zero-order valence-electron chi connectivity index (χ0n) is 18.3. The van der Waals surface area contributed by atoms with Gasteiger partial charge in [-0.3, -0.25) is 4.79 Å². The molecule has 1 aliphatic heterocycles. The molecule has 2 N–H and O–H groups in total. The minimum atomic E-state index is -0.0315. The summed E-state index contributed by atoms with van der Waals surface area (Å²) in [6.45, 7) is 10.5. The van der Waals surface area contributed by atoms with Gasteiger partial charge in [-0.2, -0.15) is 0 Å². The number of hydrogen-bond donors (Lipinski definition) is 1. The first-order valence-electron chi connectivity index (χ1n) is 10.7. The molecule has 1 aliphatic carbocycles. The average molecular weight is 410 g/mol. The zero-order valence-corrected chi connectivity index (χ0v) is 18.3. The molecule has 1 aromatic heterocycles. The number of nitrogens with zero attached hydrogens (tertiary/aromatic N) is 4. The molecule has 1 amide bonds. The Labute approximate surface area is 178 Å². The molecule has 0 atom stereocenters. The second kappa shape index (κ2) is 7.87. The Bertz CT molecular complexity index is 931. The number of anilines is 1. The molecule has 160 valence electrons. The van der Waals surface area contributed by atoms with Crippen molar-refractivity contribution >= 4 is 11.7 Å². The number of amides is 1. The largest absolute Gasteiger partial charge is 0.451 e. The lowest BCUT2D eigenvalue weighted by molar-refractivity contribution is 0.0655. The van der Waals surface area contributed by atoms with Crippen LogP contribution in [-0.2, 0) is 0 Å². The van der Waals surface area contributed by atoms with Crippen LogP contribution in [0.5, 0.6) is 11.5 Å². The number of aryl methyl sites for hydroxylation is 1. The van der Waals surface area contributed by atoms with Gasteiger partial charge in [0.1, 0.15) is 12.1 Å². The normalized spacial score (nSPS) is 17.6. The molecule has 0 unspecified atom stereocenters. The fraction of sp³-hybridized carbons (Fsp3) is 0.522. The van der Waals surface area contributed by atoms with Gasteiger partial charge in [0.25, 0.3) is 5.91 Å². The summed E-state index contributed by atoms with van der Waals surface area (Å²) < 4.78 is 6.25. The Kier molecular flexibility index (Phi) is 5.40. The second-order valence-electron chi connectivity index (χ2n) is 9.02. The van der Waals surface area contributed by atoms with E-state index >= 15 is 0 Å². The quantitative estimate of drug-likeness (QED) is 0.787. The molecular formula is C23H31N5O2. The molecule has 7 heteroatoms. The SMILES string of the molecule is CCN(C(=O)c1cc(C)ccc1Oc1cncnc1N1CC2(CC(N)C2)C1)C(C)C. The van der Waals surface area contributed by atoms with Crippen molar-refractivity contribution in [1.82, 2.24) is 14.9 Å². The lowest BCUT2D eigenvalue weighted by Crippen LogP contribution is -2.65. The van der Waals surface area contributed by atoms with Crippen LogP contribution in [0.25, 0.3) is 0 Å². The molecule has 2 aliphatic rings. The fourth-order valence-corrected chi connectivity index (χ4v) is 4.76. The number of aromatic nitrogens is 2. The molecule has 30 heavy (non-hydrogen) atoms. The standard InChI is InChI=1S/C23H31N5O2/c1-5-28(15(2)3)22(29)18-8-16(4)6-7-19(18)30-20-11-25-14-26-21(20)27-12-23(13-27)9-17(24)10-23/h6-8,11,14-15,17H,5,9-10,12-13,24H2,1-4H3. The average Bonchev–Trinajstić information content (AvgIpc) is 2.65. The molecule has 0 bridgehead atoms. The predicted octanol–water partition coefficient (Wildman–Crippen LogP) is 3.38. The summed E-state index contributed by atoms with van der Waals surface area (Å²) in [5.74, 6) is 1.84. The number of nitrogens with two attached hydrogens (primary N) is 1. The van der Waals surface area contributed by atoms with Crippen molar-refractivity contribution in [2.45, 2.75) is 52.6 Å². The van der Waals surface area contributed by atoms with E-state index in [0.717, 1.165) is 37.3 Å². The first-order chi connectivity index (χ1) is 14.3. The second-order valence-corrected chi connectivity index (χ2v) is 9.02. The summed E-state index contributed by atoms with van der Waals surface area (Å²) in [4.78, 5) is 25.9. The first-order valence-corrected chi connectivity index (χ1v) is 10.7. The van der Waals surface area contributed by atoms with E-state index in [0.29, 0.717) is 35.1 Å². The Balaban J connectivity index is 1.59. The van der Waals surface area contributed by atoms with E-state index in [9.17, 15) is 4.79 Å². The summed E-state index contributed by atoms with van der Waals surface area (Å²) in [7, 11) is 0. The number of carbonyl (C=O) groups is 1. The summed E-state index contributed by atoms with van der Waals surface area (Å²) >= 11 is 0. The summed E-state index contributed by atoms with van der Waals surface area (Å²) in [5, 5.41) is 0. The summed E-state index contributed by atoms with van der Waals surface area (Å²) in [6.07, 6.45) is 5.36. The lowest BCUT2D eigenvalue weighted by atomic mass is 9.61. The van der Waals surface area contributed by atoms with Crippen LogP contribution in [0.2, 0.25) is 0 Å². The fourth-order valence-electron chi connectivity index (χ4n) is 4.76. The van der Waals surface area contributed by atoms with Gasteiger partial charge in [-0.1, -0.05) is 11.6 Å². The Morgan fingerprint density at radius 2 is 2.07 bits per heavy atom. The smallest absolute Gasteiger partial charge is 0.257 e. The summed E-state index contributed by atoms with van der Waals surface area (Å²) in [5.41, 5.74) is 7.90. The zero-order chi connectivity index (χ0) is 21.5. The molecule has 1 saturated carbocycles. The van der Waals surface area contributed by atoms with Gasteiger partial charge in [-0.15, -0.1) is 0 Å². The molecule has 1 spiro atoms. The third kappa shape index (κ3) is 3.74. The molecule has 0 radical (unpaired) electrons. The molecule has 7 nitrogen and oxygen atoms in total. The highest BCUT2D eigenvalue weighted by atomic mass is 16.5. The van der Waals surface area contributed by atoms with Crippen molar-refractivity contribution in [3.05, 3.63) is 41.9 Å². The third-order valence-corrected chi connectivity index (χ3v) is 6.21. The number of carbonyl (C=O) groups excluding carboxylic acids is 1. The van der Waals surface area contributed by atoms with Crippen LogP contribution >= 0.6 is 0 Å². The summed E-state index contributed by atoms with van der Waals surface area (Å²) in [6, 6.07) is 6.14. The number of hydrogen-bond acceptors (Lipinski definition) is 6. The number of ether oxygens (including phenoxy) is 1. The third-order valence-electron chi connectivity index (χ3n) is 6.21. The highest BCUT2D eigenvalue weighted by molar-refractivity contribution is 5.97. The van der Waals surface area contributed by atoms with Crippen molar-refractivity contribution in [3.63, 3.8) is 0 Å². The predicted molar refractivity (Wildman–Crippen MR) is 117 cm³/mol. The minimum absolute atomic E-state index is 0.0315.